The predicted octanol–water partition coefficient (Wildman–Crippen LogP) is 2.53. The van der Waals surface area contributed by atoms with Crippen LogP contribution in [0, 0.1) is 11.3 Å². The average Bonchev–Trinajstić information content (AvgIpc) is 3.06. The van der Waals surface area contributed by atoms with Gasteiger partial charge in [-0.05, 0) is 17.7 Å². The summed E-state index contributed by atoms with van der Waals surface area (Å²) in [6, 6.07) is 8.24. The highest BCUT2D eigenvalue weighted by molar-refractivity contribution is 7.16. The molecule has 19 heavy (non-hydrogen) atoms. The van der Waals surface area contributed by atoms with Crippen LogP contribution in [0.2, 0.25) is 0 Å². The van der Waals surface area contributed by atoms with Crippen molar-refractivity contribution >= 4 is 27.5 Å². The normalized spacial score (nSPS) is 10.5. The van der Waals surface area contributed by atoms with E-state index in [0.717, 1.165) is 22.7 Å². The molecule has 2 aromatic heterocycles. The Balaban J connectivity index is 1.81. The van der Waals surface area contributed by atoms with Crippen LogP contribution in [0.5, 0.6) is 0 Å². The van der Waals surface area contributed by atoms with Gasteiger partial charge in [-0.3, -0.25) is 0 Å². The molecule has 6 heteroatoms. The number of benzene rings is 1. The van der Waals surface area contributed by atoms with Crippen molar-refractivity contribution in [3.63, 3.8) is 0 Å². The third-order valence-corrected chi connectivity index (χ3v) is 3.85. The molecule has 1 aromatic carbocycles. The van der Waals surface area contributed by atoms with E-state index in [1.807, 2.05) is 18.0 Å². The molecule has 0 aliphatic carbocycles. The van der Waals surface area contributed by atoms with Gasteiger partial charge in [-0.1, -0.05) is 17.4 Å². The maximum atomic E-state index is 8.81. The number of nitrogens with one attached hydrogen (secondary N) is 1. The van der Waals surface area contributed by atoms with Gasteiger partial charge in [0.15, 0.2) is 5.13 Å². The Morgan fingerprint density at radius 1 is 1.42 bits per heavy atom. The summed E-state index contributed by atoms with van der Waals surface area (Å²) in [6.07, 6.45) is 3.30. The Hall–Kier alpha value is -2.39. The smallest absolute Gasteiger partial charge is 0.186 e. The van der Waals surface area contributed by atoms with Gasteiger partial charge in [0, 0.05) is 13.6 Å². The number of hydrogen-bond acceptors (Lipinski definition) is 5. The molecule has 0 atom stereocenters. The van der Waals surface area contributed by atoms with Crippen LogP contribution < -0.4 is 4.90 Å². The predicted molar refractivity (Wildman–Crippen MR) is 75.0 cm³/mol. The van der Waals surface area contributed by atoms with E-state index in [2.05, 4.69) is 33.2 Å². The fourth-order valence-electron chi connectivity index (χ4n) is 1.92. The number of thiazole rings is 1. The Morgan fingerprint density at radius 2 is 2.32 bits per heavy atom. The van der Waals surface area contributed by atoms with Gasteiger partial charge in [-0.2, -0.15) is 5.26 Å². The zero-order valence-corrected chi connectivity index (χ0v) is 11.1. The topological polar surface area (TPSA) is 68.6 Å². The van der Waals surface area contributed by atoms with E-state index < -0.39 is 0 Å². The van der Waals surface area contributed by atoms with E-state index in [0.29, 0.717) is 4.88 Å². The molecule has 0 spiro atoms. The van der Waals surface area contributed by atoms with Crippen molar-refractivity contribution in [1.82, 2.24) is 15.0 Å². The number of H-pyrrole nitrogens is 1. The number of nitrogens with zero attached hydrogens (tertiary/aromatic N) is 4. The molecule has 1 N–H and O–H groups in total. The average molecular weight is 269 g/mol. The minimum absolute atomic E-state index is 0.630. The number of anilines is 1. The standard InChI is InChI=1S/C13H11N5S/c1-18(13-15-6-10(5-14)19-13)7-9-2-3-11-12(4-9)17-8-16-11/h2-4,6,8H,7H2,1H3,(H,16,17). The minimum atomic E-state index is 0.630. The molecule has 0 aliphatic heterocycles. The van der Waals surface area contributed by atoms with Crippen LogP contribution in [0.4, 0.5) is 5.13 Å². The van der Waals surface area contributed by atoms with Gasteiger partial charge in [0.25, 0.3) is 0 Å². The van der Waals surface area contributed by atoms with Crippen LogP contribution in [0.1, 0.15) is 10.4 Å². The molecular formula is C13H11N5S. The molecule has 0 amide bonds. The zero-order chi connectivity index (χ0) is 13.2. The molecule has 0 radical (unpaired) electrons. The Labute approximate surface area is 114 Å². The molecule has 0 saturated carbocycles. The maximum absolute atomic E-state index is 8.81. The monoisotopic (exact) mass is 269 g/mol. The van der Waals surface area contributed by atoms with Gasteiger partial charge in [-0.15, -0.1) is 0 Å². The van der Waals surface area contributed by atoms with Crippen molar-refractivity contribution in [2.75, 3.05) is 11.9 Å². The first-order valence-corrected chi connectivity index (χ1v) is 6.57. The summed E-state index contributed by atoms with van der Waals surface area (Å²) >= 11 is 1.40. The highest BCUT2D eigenvalue weighted by atomic mass is 32.1. The van der Waals surface area contributed by atoms with Crippen molar-refractivity contribution in [2.24, 2.45) is 0 Å². The van der Waals surface area contributed by atoms with E-state index in [1.165, 1.54) is 16.9 Å². The fourth-order valence-corrected chi connectivity index (χ4v) is 2.59. The Kier molecular flexibility index (Phi) is 2.89. The minimum Gasteiger partial charge on any atom is -0.347 e. The number of imidazole rings is 1. The van der Waals surface area contributed by atoms with E-state index in [-0.39, 0.29) is 0 Å². The molecule has 2 heterocycles. The van der Waals surface area contributed by atoms with E-state index >= 15 is 0 Å². The number of hydrogen-bond donors (Lipinski definition) is 1. The summed E-state index contributed by atoms with van der Waals surface area (Å²) in [5.41, 5.74) is 3.17. The number of fused-ring (bicyclic) bond motifs is 1. The van der Waals surface area contributed by atoms with E-state index in [9.17, 15) is 0 Å². The highest BCUT2D eigenvalue weighted by Crippen LogP contribution is 2.22. The summed E-state index contributed by atoms with van der Waals surface area (Å²) in [6.45, 7) is 0.743. The Bertz CT molecular complexity index is 752. The third kappa shape index (κ3) is 2.28. The van der Waals surface area contributed by atoms with Crippen molar-refractivity contribution < 1.29 is 0 Å². The molecule has 0 bridgehead atoms. The van der Waals surface area contributed by atoms with Gasteiger partial charge in [0.2, 0.25) is 0 Å². The van der Waals surface area contributed by atoms with Crippen molar-refractivity contribution in [1.29, 1.82) is 5.26 Å². The lowest BCUT2D eigenvalue weighted by molar-refractivity contribution is 0.916. The van der Waals surface area contributed by atoms with Gasteiger partial charge in [0.05, 0.1) is 23.6 Å². The van der Waals surface area contributed by atoms with Crippen LogP contribution >= 0.6 is 11.3 Å². The quantitative estimate of drug-likeness (QED) is 0.793. The summed E-state index contributed by atoms with van der Waals surface area (Å²) in [5.74, 6) is 0. The highest BCUT2D eigenvalue weighted by Gasteiger charge is 2.08. The second kappa shape index (κ2) is 4.71. The summed E-state index contributed by atoms with van der Waals surface area (Å²) in [5, 5.41) is 9.66. The first-order chi connectivity index (χ1) is 9.26. The largest absolute Gasteiger partial charge is 0.347 e. The van der Waals surface area contributed by atoms with E-state index in [4.69, 9.17) is 5.26 Å². The molecule has 0 aliphatic rings. The van der Waals surface area contributed by atoms with Crippen molar-refractivity contribution in [3.05, 3.63) is 41.2 Å². The molecule has 0 saturated heterocycles. The third-order valence-electron chi connectivity index (χ3n) is 2.83. The second-order valence-corrected chi connectivity index (χ2v) is 5.24. The molecule has 3 rings (SSSR count). The first kappa shape index (κ1) is 11.7. The molecular weight excluding hydrogens is 258 g/mol. The van der Waals surface area contributed by atoms with Crippen molar-refractivity contribution in [2.45, 2.75) is 6.54 Å². The lowest BCUT2D eigenvalue weighted by Crippen LogP contribution is -2.15. The van der Waals surface area contributed by atoms with Crippen LogP contribution in [0.15, 0.2) is 30.7 Å². The molecule has 94 valence electrons. The lowest BCUT2D eigenvalue weighted by atomic mass is 10.2. The van der Waals surface area contributed by atoms with Gasteiger partial charge in [-0.25, -0.2) is 9.97 Å². The van der Waals surface area contributed by atoms with Crippen LogP contribution in [0.3, 0.4) is 0 Å². The van der Waals surface area contributed by atoms with Gasteiger partial charge in [0.1, 0.15) is 10.9 Å². The first-order valence-electron chi connectivity index (χ1n) is 5.75. The molecule has 0 unspecified atom stereocenters. The maximum Gasteiger partial charge on any atom is 0.186 e. The SMILES string of the molecule is CN(Cc1ccc2nc[nH]c2c1)c1ncc(C#N)s1. The second-order valence-electron chi connectivity index (χ2n) is 4.23. The summed E-state index contributed by atoms with van der Waals surface area (Å²) in [4.78, 5) is 14.2. The lowest BCUT2D eigenvalue weighted by Gasteiger charge is -2.15. The summed E-state index contributed by atoms with van der Waals surface area (Å²) < 4.78 is 0. The Morgan fingerprint density at radius 3 is 3.11 bits per heavy atom. The summed E-state index contributed by atoms with van der Waals surface area (Å²) in [7, 11) is 1.97. The van der Waals surface area contributed by atoms with Crippen molar-refractivity contribution in [3.8, 4) is 6.07 Å². The molecule has 5 nitrogen and oxygen atoms in total. The number of rotatable bonds is 3. The number of aromatic amines is 1. The van der Waals surface area contributed by atoms with Crippen LogP contribution in [-0.4, -0.2) is 22.0 Å². The molecule has 0 fully saturated rings. The van der Waals surface area contributed by atoms with Gasteiger partial charge < -0.3 is 9.88 Å². The van der Waals surface area contributed by atoms with E-state index in [1.54, 1.807) is 12.5 Å². The molecule has 3 aromatic rings. The number of nitriles is 1. The zero-order valence-electron chi connectivity index (χ0n) is 10.3. The van der Waals surface area contributed by atoms with Crippen LogP contribution in [0.25, 0.3) is 11.0 Å². The van der Waals surface area contributed by atoms with Gasteiger partial charge >= 0.3 is 0 Å². The van der Waals surface area contributed by atoms with Crippen LogP contribution in [-0.2, 0) is 6.54 Å². The fraction of sp³-hybridized carbons (Fsp3) is 0.154. The number of aromatic nitrogens is 3.